The summed E-state index contributed by atoms with van der Waals surface area (Å²) in [5, 5.41) is 0. The lowest BCUT2D eigenvalue weighted by Gasteiger charge is -2.17. The lowest BCUT2D eigenvalue weighted by Crippen LogP contribution is -2.05. The summed E-state index contributed by atoms with van der Waals surface area (Å²) in [6.45, 7) is 11.8. The van der Waals surface area contributed by atoms with Gasteiger partial charge in [-0.25, -0.2) is 0 Å². The first-order valence-electron chi connectivity index (χ1n) is 10.5. The molecule has 0 atom stereocenters. The molecule has 2 aromatic carbocycles. The maximum atomic E-state index is 6.06. The molecule has 0 saturated carbocycles. The van der Waals surface area contributed by atoms with Crippen molar-refractivity contribution in [3.8, 4) is 22.8 Å². The Morgan fingerprint density at radius 2 is 1.41 bits per heavy atom. The minimum Gasteiger partial charge on any atom is -0.494 e. The zero-order chi connectivity index (χ0) is 20.8. The molecule has 0 N–H and O–H groups in total. The summed E-state index contributed by atoms with van der Waals surface area (Å²) in [4.78, 5) is 4.98. The van der Waals surface area contributed by atoms with Crippen molar-refractivity contribution < 1.29 is 9.47 Å². The molecule has 3 aromatic rings. The third kappa shape index (κ3) is 4.79. The number of rotatable bonds is 8. The Labute approximate surface area is 174 Å². The number of hydrogen-bond donors (Lipinski definition) is 0. The van der Waals surface area contributed by atoms with Crippen molar-refractivity contribution >= 4 is 0 Å². The molecule has 0 spiro atoms. The molecule has 0 aliphatic heterocycles. The third-order valence-corrected chi connectivity index (χ3v) is 5.31. The van der Waals surface area contributed by atoms with Crippen molar-refractivity contribution in [2.45, 2.75) is 54.1 Å². The Morgan fingerprint density at radius 3 is 2.00 bits per heavy atom. The first-order chi connectivity index (χ1) is 14.1. The van der Waals surface area contributed by atoms with E-state index in [1.165, 1.54) is 22.3 Å². The molecule has 0 saturated heterocycles. The van der Waals surface area contributed by atoms with Gasteiger partial charge in [0.2, 0.25) is 0 Å². The van der Waals surface area contributed by atoms with Crippen LogP contribution in [0.1, 0.15) is 48.7 Å². The standard InChI is InChI=1S/C26H31NO2/c1-6-20-11-9-12-21(7-2)26(20)25-15-18(4)24(19(5)27-25)17-29-23-14-10-13-22(16-23)28-8-3/h9-16H,6-8,17H2,1-5H3. The molecule has 152 valence electrons. The summed E-state index contributed by atoms with van der Waals surface area (Å²) in [6, 6.07) is 16.6. The van der Waals surface area contributed by atoms with Gasteiger partial charge < -0.3 is 9.47 Å². The van der Waals surface area contributed by atoms with Crippen molar-refractivity contribution in [2.24, 2.45) is 0 Å². The smallest absolute Gasteiger partial charge is 0.123 e. The Hall–Kier alpha value is -2.81. The van der Waals surface area contributed by atoms with Crippen molar-refractivity contribution in [3.63, 3.8) is 0 Å². The zero-order valence-corrected chi connectivity index (χ0v) is 18.2. The summed E-state index contributed by atoms with van der Waals surface area (Å²) < 4.78 is 11.6. The van der Waals surface area contributed by atoms with E-state index in [0.717, 1.165) is 41.3 Å². The van der Waals surface area contributed by atoms with Gasteiger partial charge in [-0.15, -0.1) is 0 Å². The van der Waals surface area contributed by atoms with Gasteiger partial charge in [-0.3, -0.25) is 4.98 Å². The minimum atomic E-state index is 0.497. The predicted molar refractivity (Wildman–Crippen MR) is 120 cm³/mol. The number of aromatic nitrogens is 1. The molecular weight excluding hydrogens is 358 g/mol. The first kappa shape index (κ1) is 20.9. The number of benzene rings is 2. The van der Waals surface area contributed by atoms with E-state index in [1.807, 2.05) is 31.2 Å². The molecule has 0 aliphatic rings. The Kier molecular flexibility index (Phi) is 6.92. The fourth-order valence-corrected chi connectivity index (χ4v) is 3.75. The van der Waals surface area contributed by atoms with Crippen LogP contribution in [0.15, 0.2) is 48.5 Å². The Bertz CT molecular complexity index is 933. The van der Waals surface area contributed by atoms with Crippen molar-refractivity contribution in [1.82, 2.24) is 4.98 Å². The number of nitrogens with zero attached hydrogens (tertiary/aromatic N) is 1. The topological polar surface area (TPSA) is 31.4 Å². The van der Waals surface area contributed by atoms with Crippen molar-refractivity contribution in [3.05, 3.63) is 76.5 Å². The second kappa shape index (κ2) is 9.60. The van der Waals surface area contributed by atoms with Crippen LogP contribution in [0.3, 0.4) is 0 Å². The maximum Gasteiger partial charge on any atom is 0.123 e. The van der Waals surface area contributed by atoms with E-state index in [4.69, 9.17) is 14.5 Å². The van der Waals surface area contributed by atoms with Gasteiger partial charge in [-0.2, -0.15) is 0 Å². The molecule has 3 heteroatoms. The average Bonchev–Trinajstić information content (AvgIpc) is 2.73. The van der Waals surface area contributed by atoms with E-state index in [1.54, 1.807) is 0 Å². The molecule has 0 bridgehead atoms. The van der Waals surface area contributed by atoms with Crippen molar-refractivity contribution in [2.75, 3.05) is 6.61 Å². The fraction of sp³-hybridized carbons (Fsp3) is 0.346. The molecule has 1 aromatic heterocycles. The van der Waals surface area contributed by atoms with Crippen LogP contribution in [0.25, 0.3) is 11.3 Å². The SMILES string of the molecule is CCOc1cccc(OCc2c(C)cc(-c3c(CC)cccc3CC)nc2C)c1. The average molecular weight is 390 g/mol. The van der Waals surface area contributed by atoms with Crippen LogP contribution in [0, 0.1) is 13.8 Å². The summed E-state index contributed by atoms with van der Waals surface area (Å²) in [7, 11) is 0. The highest BCUT2D eigenvalue weighted by atomic mass is 16.5. The van der Waals surface area contributed by atoms with Gasteiger partial charge in [0.25, 0.3) is 0 Å². The van der Waals surface area contributed by atoms with Crippen molar-refractivity contribution in [1.29, 1.82) is 0 Å². The molecule has 3 nitrogen and oxygen atoms in total. The summed E-state index contributed by atoms with van der Waals surface area (Å²) >= 11 is 0. The molecule has 0 amide bonds. The maximum absolute atomic E-state index is 6.06. The van der Waals surface area contributed by atoms with Crippen LogP contribution < -0.4 is 9.47 Å². The van der Waals surface area contributed by atoms with Crippen LogP contribution in [-0.4, -0.2) is 11.6 Å². The second-order valence-corrected chi connectivity index (χ2v) is 7.24. The molecular formula is C26H31NO2. The van der Waals surface area contributed by atoms with E-state index >= 15 is 0 Å². The van der Waals surface area contributed by atoms with E-state index in [-0.39, 0.29) is 0 Å². The molecule has 0 fully saturated rings. The quantitative estimate of drug-likeness (QED) is 0.442. The summed E-state index contributed by atoms with van der Waals surface area (Å²) in [5.74, 6) is 1.64. The van der Waals surface area contributed by atoms with Gasteiger partial charge >= 0.3 is 0 Å². The molecule has 3 rings (SSSR count). The molecule has 29 heavy (non-hydrogen) atoms. The van der Waals surface area contributed by atoms with Gasteiger partial charge in [0.15, 0.2) is 0 Å². The van der Waals surface area contributed by atoms with Gasteiger partial charge in [0.05, 0.1) is 12.3 Å². The monoisotopic (exact) mass is 389 g/mol. The number of aryl methyl sites for hydroxylation is 4. The first-order valence-corrected chi connectivity index (χ1v) is 10.5. The van der Waals surface area contributed by atoms with Crippen LogP contribution in [0.2, 0.25) is 0 Å². The van der Waals surface area contributed by atoms with E-state index < -0.39 is 0 Å². The third-order valence-electron chi connectivity index (χ3n) is 5.31. The lowest BCUT2D eigenvalue weighted by molar-refractivity contribution is 0.298. The fourth-order valence-electron chi connectivity index (χ4n) is 3.75. The van der Waals surface area contributed by atoms with Crippen LogP contribution in [0.5, 0.6) is 11.5 Å². The van der Waals surface area contributed by atoms with Gasteiger partial charge in [-0.05, 0) is 68.5 Å². The van der Waals surface area contributed by atoms with Gasteiger partial charge in [0.1, 0.15) is 18.1 Å². The van der Waals surface area contributed by atoms with E-state index in [9.17, 15) is 0 Å². The molecule has 0 aliphatic carbocycles. The summed E-state index contributed by atoms with van der Waals surface area (Å²) in [5.41, 5.74) is 8.44. The van der Waals surface area contributed by atoms with Crippen LogP contribution in [0.4, 0.5) is 0 Å². The minimum absolute atomic E-state index is 0.497. The zero-order valence-electron chi connectivity index (χ0n) is 18.2. The summed E-state index contributed by atoms with van der Waals surface area (Å²) in [6.07, 6.45) is 2.01. The molecule has 0 radical (unpaired) electrons. The molecule has 0 unspecified atom stereocenters. The van der Waals surface area contributed by atoms with Crippen LogP contribution in [-0.2, 0) is 19.4 Å². The van der Waals surface area contributed by atoms with Crippen LogP contribution >= 0.6 is 0 Å². The van der Waals surface area contributed by atoms with E-state index in [2.05, 4.69) is 52.0 Å². The number of ether oxygens (including phenoxy) is 2. The van der Waals surface area contributed by atoms with E-state index in [0.29, 0.717) is 13.2 Å². The number of pyridine rings is 1. The van der Waals surface area contributed by atoms with Gasteiger partial charge in [-0.1, -0.05) is 38.1 Å². The highest BCUT2D eigenvalue weighted by molar-refractivity contribution is 5.69. The number of hydrogen-bond acceptors (Lipinski definition) is 3. The van der Waals surface area contributed by atoms with Gasteiger partial charge in [0, 0.05) is 22.9 Å². The largest absolute Gasteiger partial charge is 0.494 e. The second-order valence-electron chi connectivity index (χ2n) is 7.24. The predicted octanol–water partition coefficient (Wildman–Crippen LogP) is 6.47. The highest BCUT2D eigenvalue weighted by Gasteiger charge is 2.14. The Balaban J connectivity index is 1.88. The normalized spacial score (nSPS) is 10.8. The lowest BCUT2D eigenvalue weighted by atomic mass is 9.93. The highest BCUT2D eigenvalue weighted by Crippen LogP contribution is 2.30. The Morgan fingerprint density at radius 1 is 0.793 bits per heavy atom. The molecule has 1 heterocycles.